The van der Waals surface area contributed by atoms with Crippen molar-refractivity contribution in [2.75, 3.05) is 19.0 Å². The fourth-order valence-corrected chi connectivity index (χ4v) is 1.74. The molecule has 16 heavy (non-hydrogen) atoms. The maximum Gasteiger partial charge on any atom is 0.209 e. The minimum atomic E-state index is -0.114. The molecule has 0 saturated carbocycles. The van der Waals surface area contributed by atoms with Crippen LogP contribution in [0.4, 0.5) is 0 Å². The number of thioether (sulfide) groups is 1. The van der Waals surface area contributed by atoms with Gasteiger partial charge in [0.1, 0.15) is 0 Å². The van der Waals surface area contributed by atoms with Gasteiger partial charge in [0.05, 0.1) is 25.4 Å². The lowest BCUT2D eigenvalue weighted by Crippen LogP contribution is -2.20. The molecule has 0 aliphatic heterocycles. The second kappa shape index (κ2) is 6.17. The molecule has 1 rings (SSSR count). The van der Waals surface area contributed by atoms with Gasteiger partial charge in [0.25, 0.3) is 0 Å². The Hall–Kier alpha value is -0.660. The summed E-state index contributed by atoms with van der Waals surface area (Å²) in [5.74, 6) is 0.795. The van der Waals surface area contributed by atoms with Crippen LogP contribution in [-0.2, 0) is 11.3 Å². The number of hydrogen-bond acceptors (Lipinski definition) is 6. The van der Waals surface area contributed by atoms with Crippen LogP contribution in [0.25, 0.3) is 0 Å². The van der Waals surface area contributed by atoms with Crippen molar-refractivity contribution >= 4 is 11.8 Å². The topological polar surface area (TPSA) is 73.1 Å². The highest BCUT2D eigenvalue weighted by Crippen LogP contribution is 2.14. The van der Waals surface area contributed by atoms with E-state index in [1.54, 1.807) is 4.68 Å². The Bertz CT molecular complexity index is 311. The molecule has 0 aromatic carbocycles. The van der Waals surface area contributed by atoms with Crippen LogP contribution in [0, 0.1) is 0 Å². The third-order valence-corrected chi connectivity index (χ3v) is 2.58. The standard InChI is InChI=1S/C9H18N4O2S/c1-9(2,3)15-6-7-16-8-10-11-12-13(8)4-5-14/h14H,4-7H2,1-3H3. The van der Waals surface area contributed by atoms with E-state index in [4.69, 9.17) is 9.84 Å². The minimum Gasteiger partial charge on any atom is -0.394 e. The van der Waals surface area contributed by atoms with Crippen LogP contribution in [0.5, 0.6) is 0 Å². The summed E-state index contributed by atoms with van der Waals surface area (Å²) >= 11 is 1.53. The summed E-state index contributed by atoms with van der Waals surface area (Å²) in [4.78, 5) is 0. The van der Waals surface area contributed by atoms with Gasteiger partial charge in [-0.1, -0.05) is 11.8 Å². The largest absolute Gasteiger partial charge is 0.394 e. The van der Waals surface area contributed by atoms with Crippen molar-refractivity contribution in [3.05, 3.63) is 0 Å². The zero-order valence-electron chi connectivity index (χ0n) is 9.88. The van der Waals surface area contributed by atoms with Crippen molar-refractivity contribution in [3.8, 4) is 0 Å². The Morgan fingerprint density at radius 3 is 2.81 bits per heavy atom. The van der Waals surface area contributed by atoms with Crippen molar-refractivity contribution in [1.82, 2.24) is 20.2 Å². The summed E-state index contributed by atoms with van der Waals surface area (Å²) in [6.07, 6.45) is 0. The minimum absolute atomic E-state index is 0.0388. The number of tetrazole rings is 1. The smallest absolute Gasteiger partial charge is 0.209 e. The summed E-state index contributed by atoms with van der Waals surface area (Å²) in [7, 11) is 0. The van der Waals surface area contributed by atoms with Gasteiger partial charge >= 0.3 is 0 Å². The third-order valence-electron chi connectivity index (χ3n) is 1.66. The summed E-state index contributed by atoms with van der Waals surface area (Å²) in [5, 5.41) is 20.7. The Balaban J connectivity index is 2.29. The van der Waals surface area contributed by atoms with Crippen LogP contribution in [0.15, 0.2) is 5.16 Å². The number of ether oxygens (including phenoxy) is 1. The average Bonchev–Trinajstić information content (AvgIpc) is 2.60. The van der Waals surface area contributed by atoms with Gasteiger partial charge in [-0.05, 0) is 31.2 Å². The van der Waals surface area contributed by atoms with Crippen LogP contribution < -0.4 is 0 Å². The molecule has 0 fully saturated rings. The van der Waals surface area contributed by atoms with Gasteiger partial charge in [-0.3, -0.25) is 0 Å². The molecule has 1 heterocycles. The van der Waals surface area contributed by atoms with E-state index in [-0.39, 0.29) is 12.2 Å². The SMILES string of the molecule is CC(C)(C)OCCSc1nnnn1CCO. The quantitative estimate of drug-likeness (QED) is 0.584. The van der Waals surface area contributed by atoms with Crippen LogP contribution in [0.2, 0.25) is 0 Å². The molecule has 0 aliphatic carbocycles. The number of aromatic nitrogens is 4. The molecule has 92 valence electrons. The Labute approximate surface area is 99.4 Å². The molecular weight excluding hydrogens is 228 g/mol. The first-order chi connectivity index (χ1) is 7.53. The third kappa shape index (κ3) is 4.91. The van der Waals surface area contributed by atoms with E-state index in [9.17, 15) is 0 Å². The summed E-state index contributed by atoms with van der Waals surface area (Å²) in [6.45, 7) is 7.18. The van der Waals surface area contributed by atoms with Crippen molar-refractivity contribution in [1.29, 1.82) is 0 Å². The Morgan fingerprint density at radius 1 is 1.44 bits per heavy atom. The lowest BCUT2D eigenvalue weighted by molar-refractivity contribution is 0.00692. The van der Waals surface area contributed by atoms with Gasteiger partial charge in [-0.25, -0.2) is 4.68 Å². The highest BCUT2D eigenvalue weighted by Gasteiger charge is 2.10. The maximum absolute atomic E-state index is 8.79. The molecule has 0 aliphatic rings. The molecule has 7 heteroatoms. The molecule has 0 spiro atoms. The fourth-order valence-electron chi connectivity index (χ4n) is 1.02. The van der Waals surface area contributed by atoms with E-state index in [1.807, 2.05) is 20.8 Å². The number of nitrogens with zero attached hydrogens (tertiary/aromatic N) is 4. The van der Waals surface area contributed by atoms with Crippen LogP contribution in [-0.4, -0.2) is 49.9 Å². The zero-order chi connectivity index (χ0) is 12.0. The monoisotopic (exact) mass is 246 g/mol. The number of hydrogen-bond donors (Lipinski definition) is 1. The van der Waals surface area contributed by atoms with E-state index in [2.05, 4.69) is 15.5 Å². The highest BCUT2D eigenvalue weighted by molar-refractivity contribution is 7.99. The van der Waals surface area contributed by atoms with Gasteiger partial charge in [0.2, 0.25) is 5.16 Å². The van der Waals surface area contributed by atoms with E-state index >= 15 is 0 Å². The summed E-state index contributed by atoms with van der Waals surface area (Å²) < 4.78 is 7.16. The van der Waals surface area contributed by atoms with Crippen molar-refractivity contribution in [2.24, 2.45) is 0 Å². The molecule has 0 amide bonds. The molecule has 0 saturated heterocycles. The van der Waals surface area contributed by atoms with Gasteiger partial charge in [0.15, 0.2) is 0 Å². The molecule has 1 N–H and O–H groups in total. The molecule has 0 unspecified atom stereocenters. The second-order valence-electron chi connectivity index (χ2n) is 4.22. The van der Waals surface area contributed by atoms with Crippen LogP contribution in [0.3, 0.4) is 0 Å². The van der Waals surface area contributed by atoms with Gasteiger partial charge in [0, 0.05) is 5.75 Å². The molecular formula is C9H18N4O2S. The molecule has 1 aromatic heterocycles. The fraction of sp³-hybridized carbons (Fsp3) is 0.889. The Kier molecular flexibility index (Phi) is 5.17. The van der Waals surface area contributed by atoms with Gasteiger partial charge in [-0.2, -0.15) is 0 Å². The van der Waals surface area contributed by atoms with E-state index in [0.29, 0.717) is 18.3 Å². The van der Waals surface area contributed by atoms with Crippen LogP contribution in [0.1, 0.15) is 20.8 Å². The normalized spacial score (nSPS) is 12.0. The average molecular weight is 246 g/mol. The first kappa shape index (κ1) is 13.4. The molecule has 6 nitrogen and oxygen atoms in total. The lowest BCUT2D eigenvalue weighted by Gasteiger charge is -2.18. The van der Waals surface area contributed by atoms with Crippen molar-refractivity contribution < 1.29 is 9.84 Å². The molecule has 1 aromatic rings. The van der Waals surface area contributed by atoms with Crippen molar-refractivity contribution in [3.63, 3.8) is 0 Å². The number of aliphatic hydroxyl groups excluding tert-OH is 1. The number of aliphatic hydroxyl groups is 1. The maximum atomic E-state index is 8.79. The van der Waals surface area contributed by atoms with Crippen LogP contribution >= 0.6 is 11.8 Å². The summed E-state index contributed by atoms with van der Waals surface area (Å²) in [5.41, 5.74) is -0.114. The number of rotatable bonds is 6. The zero-order valence-corrected chi connectivity index (χ0v) is 10.7. The van der Waals surface area contributed by atoms with Gasteiger partial charge < -0.3 is 9.84 Å². The Morgan fingerprint density at radius 2 is 2.19 bits per heavy atom. The van der Waals surface area contributed by atoms with E-state index in [0.717, 1.165) is 5.75 Å². The molecule has 0 atom stereocenters. The predicted octanol–water partition coefficient (Wildman–Crippen LogP) is 0.573. The van der Waals surface area contributed by atoms with Crippen molar-refractivity contribution in [2.45, 2.75) is 38.1 Å². The van der Waals surface area contributed by atoms with E-state index < -0.39 is 0 Å². The molecule has 0 radical (unpaired) electrons. The predicted molar refractivity (Wildman–Crippen MR) is 61.3 cm³/mol. The first-order valence-corrected chi connectivity index (χ1v) is 6.15. The van der Waals surface area contributed by atoms with E-state index in [1.165, 1.54) is 11.8 Å². The second-order valence-corrected chi connectivity index (χ2v) is 5.28. The first-order valence-electron chi connectivity index (χ1n) is 5.17. The summed E-state index contributed by atoms with van der Waals surface area (Å²) in [6, 6.07) is 0. The molecule has 0 bridgehead atoms. The highest BCUT2D eigenvalue weighted by atomic mass is 32.2. The van der Waals surface area contributed by atoms with Gasteiger partial charge in [-0.15, -0.1) is 5.10 Å². The lowest BCUT2D eigenvalue weighted by atomic mass is 10.2.